The van der Waals surface area contributed by atoms with Gasteiger partial charge < -0.3 is 4.74 Å². The minimum atomic E-state index is -5.25. The number of carbonyl (C=O) groups is 1. The molecule has 21 heavy (non-hydrogen) atoms. The highest BCUT2D eigenvalue weighted by Gasteiger charge is 2.68. The number of hydrogen-bond donors (Lipinski definition) is 0. The van der Waals surface area contributed by atoms with E-state index in [1.165, 1.54) is 32.9 Å². The van der Waals surface area contributed by atoms with Gasteiger partial charge >= 0.3 is 17.8 Å². The molecule has 0 bridgehead atoms. The van der Waals surface area contributed by atoms with Gasteiger partial charge in [0.25, 0.3) is 0 Å². The van der Waals surface area contributed by atoms with Crippen LogP contribution in [0.4, 0.5) is 22.0 Å². The summed E-state index contributed by atoms with van der Waals surface area (Å²) in [7, 11) is 0. The summed E-state index contributed by atoms with van der Waals surface area (Å²) in [6.07, 6.45) is -3.32. The second kappa shape index (κ2) is 5.99. The lowest BCUT2D eigenvalue weighted by molar-refractivity contribution is -0.248. The lowest BCUT2D eigenvalue weighted by Crippen LogP contribution is -2.50. The fourth-order valence-electron chi connectivity index (χ4n) is 1.75. The Hall–Kier alpha value is -1.66. The molecule has 0 aromatic heterocycles. The first-order valence-electron chi connectivity index (χ1n) is 6.19. The number of hydrogen-bond acceptors (Lipinski definition) is 2. The van der Waals surface area contributed by atoms with Crippen molar-refractivity contribution >= 4 is 5.97 Å². The molecule has 1 aromatic carbocycles. The minimum absolute atomic E-state index is 0.0902. The van der Waals surface area contributed by atoms with Gasteiger partial charge in [-0.15, -0.1) is 0 Å². The predicted octanol–water partition coefficient (Wildman–Crippen LogP) is 4.15. The van der Waals surface area contributed by atoms with Crippen LogP contribution in [0.1, 0.15) is 29.8 Å². The molecular formula is C14H15F5O2. The molecule has 7 heteroatoms. The Labute approximate surface area is 118 Å². The highest BCUT2D eigenvalue weighted by Crippen LogP contribution is 2.47. The van der Waals surface area contributed by atoms with Gasteiger partial charge in [0, 0.05) is 0 Å². The number of benzene rings is 1. The zero-order valence-electron chi connectivity index (χ0n) is 11.7. The number of alkyl halides is 5. The van der Waals surface area contributed by atoms with Gasteiger partial charge in [-0.05, 0) is 31.9 Å². The van der Waals surface area contributed by atoms with Crippen molar-refractivity contribution in [2.45, 2.75) is 38.8 Å². The first-order chi connectivity index (χ1) is 9.55. The van der Waals surface area contributed by atoms with E-state index in [2.05, 4.69) is 4.74 Å². The predicted molar refractivity (Wildman–Crippen MR) is 66.3 cm³/mol. The van der Waals surface area contributed by atoms with Crippen LogP contribution in [0.2, 0.25) is 0 Å². The molecule has 0 heterocycles. The Balaban J connectivity index is 3.22. The molecule has 0 aliphatic rings. The SMILES string of the molecule is CCOC(=O)C(F)(F)C(F)(F)C(F)c1cc(C)ccc1C. The van der Waals surface area contributed by atoms with Gasteiger partial charge in [0.2, 0.25) is 0 Å². The van der Waals surface area contributed by atoms with E-state index in [1.54, 1.807) is 0 Å². The van der Waals surface area contributed by atoms with Crippen molar-refractivity contribution in [3.8, 4) is 0 Å². The fraction of sp³-hybridized carbons (Fsp3) is 0.500. The zero-order chi connectivity index (χ0) is 16.4. The van der Waals surface area contributed by atoms with E-state index in [0.29, 0.717) is 5.56 Å². The van der Waals surface area contributed by atoms with Crippen molar-refractivity contribution in [1.29, 1.82) is 0 Å². The van der Waals surface area contributed by atoms with E-state index in [-0.39, 0.29) is 5.56 Å². The summed E-state index contributed by atoms with van der Waals surface area (Å²) in [5, 5.41) is 0. The number of rotatable bonds is 5. The maximum Gasteiger partial charge on any atom is 0.407 e. The fourth-order valence-corrected chi connectivity index (χ4v) is 1.75. The van der Waals surface area contributed by atoms with Gasteiger partial charge in [-0.3, -0.25) is 0 Å². The average Bonchev–Trinajstić information content (AvgIpc) is 2.40. The maximum absolute atomic E-state index is 14.0. The first kappa shape index (κ1) is 17.4. The molecular weight excluding hydrogens is 295 g/mol. The van der Waals surface area contributed by atoms with Crippen molar-refractivity contribution in [2.75, 3.05) is 6.61 Å². The molecule has 0 amide bonds. The summed E-state index contributed by atoms with van der Waals surface area (Å²) in [6, 6.07) is 3.93. The summed E-state index contributed by atoms with van der Waals surface area (Å²) in [6.45, 7) is 3.51. The molecule has 0 saturated heterocycles. The third-order valence-corrected chi connectivity index (χ3v) is 2.98. The van der Waals surface area contributed by atoms with Crippen LogP contribution in [0.25, 0.3) is 0 Å². The van der Waals surface area contributed by atoms with Crippen LogP contribution in [0.5, 0.6) is 0 Å². The Morgan fingerprint density at radius 3 is 2.33 bits per heavy atom. The Kier molecular flexibility index (Phi) is 4.96. The van der Waals surface area contributed by atoms with Crippen LogP contribution in [0.3, 0.4) is 0 Å². The summed E-state index contributed by atoms with van der Waals surface area (Å²) < 4.78 is 72.4. The van der Waals surface area contributed by atoms with Crippen LogP contribution in [-0.4, -0.2) is 24.4 Å². The summed E-state index contributed by atoms with van der Waals surface area (Å²) in [5.74, 6) is -12.9. The number of ether oxygens (including phenoxy) is 1. The lowest BCUT2D eigenvalue weighted by atomic mass is 9.95. The third-order valence-electron chi connectivity index (χ3n) is 2.98. The van der Waals surface area contributed by atoms with Gasteiger partial charge in [0.1, 0.15) is 0 Å². The van der Waals surface area contributed by atoms with Gasteiger partial charge in [-0.2, -0.15) is 17.6 Å². The second-order valence-corrected chi connectivity index (χ2v) is 4.64. The summed E-state index contributed by atoms with van der Waals surface area (Å²) in [4.78, 5) is 11.0. The van der Waals surface area contributed by atoms with Crippen LogP contribution in [-0.2, 0) is 9.53 Å². The molecule has 1 rings (SSSR count). The average molecular weight is 310 g/mol. The van der Waals surface area contributed by atoms with E-state index in [0.717, 1.165) is 6.07 Å². The van der Waals surface area contributed by atoms with E-state index in [4.69, 9.17) is 0 Å². The zero-order valence-corrected chi connectivity index (χ0v) is 11.7. The quantitative estimate of drug-likeness (QED) is 0.603. The van der Waals surface area contributed by atoms with Crippen molar-refractivity contribution in [1.82, 2.24) is 0 Å². The third kappa shape index (κ3) is 3.16. The van der Waals surface area contributed by atoms with Crippen LogP contribution >= 0.6 is 0 Å². The number of aryl methyl sites for hydroxylation is 2. The topological polar surface area (TPSA) is 26.3 Å². The van der Waals surface area contributed by atoms with E-state index >= 15 is 0 Å². The molecule has 0 N–H and O–H groups in total. The smallest absolute Gasteiger partial charge is 0.407 e. The van der Waals surface area contributed by atoms with Crippen molar-refractivity contribution in [3.63, 3.8) is 0 Å². The van der Waals surface area contributed by atoms with Crippen molar-refractivity contribution in [2.24, 2.45) is 0 Å². The van der Waals surface area contributed by atoms with E-state index in [1.807, 2.05) is 0 Å². The monoisotopic (exact) mass is 310 g/mol. The molecule has 2 nitrogen and oxygen atoms in total. The second-order valence-electron chi connectivity index (χ2n) is 4.64. The molecule has 0 fully saturated rings. The maximum atomic E-state index is 14.0. The molecule has 1 atom stereocenters. The molecule has 1 unspecified atom stereocenters. The number of carbonyl (C=O) groups excluding carboxylic acids is 1. The highest BCUT2D eigenvalue weighted by atomic mass is 19.3. The van der Waals surface area contributed by atoms with Crippen molar-refractivity contribution in [3.05, 3.63) is 34.9 Å². The Bertz CT molecular complexity index is 528. The first-order valence-corrected chi connectivity index (χ1v) is 6.19. The van der Waals surface area contributed by atoms with E-state index < -0.39 is 36.2 Å². The minimum Gasteiger partial charge on any atom is -0.461 e. The normalized spacial score (nSPS) is 13.9. The van der Waals surface area contributed by atoms with Gasteiger partial charge in [0.15, 0.2) is 6.17 Å². The largest absolute Gasteiger partial charge is 0.461 e. The van der Waals surface area contributed by atoms with Crippen LogP contribution < -0.4 is 0 Å². The van der Waals surface area contributed by atoms with Crippen LogP contribution in [0, 0.1) is 13.8 Å². The molecule has 0 aliphatic heterocycles. The molecule has 0 aliphatic carbocycles. The molecule has 0 saturated carbocycles. The Morgan fingerprint density at radius 2 is 1.81 bits per heavy atom. The summed E-state index contributed by atoms with van der Waals surface area (Å²) >= 11 is 0. The lowest BCUT2D eigenvalue weighted by Gasteiger charge is -2.28. The Morgan fingerprint density at radius 1 is 1.24 bits per heavy atom. The molecule has 0 radical (unpaired) electrons. The standard InChI is InChI=1S/C14H15F5O2/c1-4-21-12(20)14(18,19)13(16,17)11(15)10-7-8(2)5-6-9(10)3/h5-7,11H,4H2,1-3H3. The number of halogens is 5. The molecule has 0 spiro atoms. The highest BCUT2D eigenvalue weighted by molar-refractivity contribution is 5.79. The van der Waals surface area contributed by atoms with Crippen LogP contribution in [0.15, 0.2) is 18.2 Å². The molecule has 1 aromatic rings. The van der Waals surface area contributed by atoms with E-state index in [9.17, 15) is 26.7 Å². The number of esters is 1. The molecule has 118 valence electrons. The summed E-state index contributed by atoms with van der Waals surface area (Å²) in [5.41, 5.74) is -0.0510. The van der Waals surface area contributed by atoms with Gasteiger partial charge in [-0.25, -0.2) is 9.18 Å². The van der Waals surface area contributed by atoms with Gasteiger partial charge in [0.05, 0.1) is 6.61 Å². The van der Waals surface area contributed by atoms with Crippen molar-refractivity contribution < 1.29 is 31.5 Å². The van der Waals surface area contributed by atoms with Gasteiger partial charge in [-0.1, -0.05) is 23.8 Å².